The van der Waals surface area contributed by atoms with Crippen LogP contribution in [0.1, 0.15) is 5.71 Å². The SMILES string of the molecule is [Ba+2].[H-].[H-].[H-].[H-].[Mg+2].[O]=[Al][OH].[O]=[Al][OH]. The molecule has 0 radical (unpaired) electrons. The zero-order valence-corrected chi connectivity index (χ0v) is 12.4. The van der Waals surface area contributed by atoms with Crippen LogP contribution in [-0.2, 0) is 7.61 Å². The van der Waals surface area contributed by atoms with Crippen molar-refractivity contribution in [3.8, 4) is 0 Å². The molecule has 0 heterocycles. The van der Waals surface area contributed by atoms with E-state index in [0.29, 0.717) is 0 Å². The van der Waals surface area contributed by atoms with Crippen LogP contribution in [0.15, 0.2) is 0 Å². The van der Waals surface area contributed by atoms with Crippen molar-refractivity contribution in [2.75, 3.05) is 0 Å². The molecular formula is H6Al2BaMgO4. The fourth-order valence-corrected chi connectivity index (χ4v) is 0. The first-order valence-corrected chi connectivity index (χ1v) is 2.96. The molecule has 0 unspecified atom stereocenters. The van der Waals surface area contributed by atoms with Gasteiger partial charge < -0.3 is 5.71 Å². The summed E-state index contributed by atoms with van der Waals surface area (Å²) < 4.78 is 31.3. The first-order chi connectivity index (χ1) is 2.83. The van der Waals surface area contributed by atoms with Gasteiger partial charge in [0.1, 0.15) is 0 Å². The van der Waals surface area contributed by atoms with Crippen molar-refractivity contribution in [3.05, 3.63) is 0 Å². The third-order valence-electron chi connectivity index (χ3n) is 0. The van der Waals surface area contributed by atoms with Gasteiger partial charge in [-0.3, -0.25) is 0 Å². The fraction of sp³-hybridized carbons (Fsp3) is 0. The van der Waals surface area contributed by atoms with E-state index < -0.39 is 31.0 Å². The standard InChI is InChI=1S/2Al.Ba.Mg.2H2O.2O.4H/h;;;;2*1H2;;;;;;/q2*+1;2*+2;;;;;4*-1/p-2. The summed E-state index contributed by atoms with van der Waals surface area (Å²) in [7, 11) is 0. The Morgan fingerprint density at radius 3 is 1.12 bits per heavy atom. The van der Waals surface area contributed by atoms with Gasteiger partial charge >= 0.3 is 119 Å². The van der Waals surface area contributed by atoms with Gasteiger partial charge in [0, 0.05) is 0 Å². The fourth-order valence-electron chi connectivity index (χ4n) is 0. The quantitative estimate of drug-likeness (QED) is 0.486. The van der Waals surface area contributed by atoms with Gasteiger partial charge in [-0.05, 0) is 0 Å². The molecule has 4 nitrogen and oxygen atoms in total. The Morgan fingerprint density at radius 2 is 1.12 bits per heavy atom. The van der Waals surface area contributed by atoms with Crippen LogP contribution < -0.4 is 0 Å². The van der Waals surface area contributed by atoms with E-state index in [1.54, 1.807) is 0 Å². The molecule has 0 aliphatic rings. The average Bonchev–Trinajstić information content (AvgIpc) is 1.39. The van der Waals surface area contributed by atoms with E-state index in [1.165, 1.54) is 0 Å². The Balaban J connectivity index is -0.00000000296. The summed E-state index contributed by atoms with van der Waals surface area (Å²) in [6.07, 6.45) is 0. The summed E-state index contributed by atoms with van der Waals surface area (Å²) >= 11 is -3.00. The van der Waals surface area contributed by atoms with Crippen LogP contribution in [0.5, 0.6) is 0 Å². The normalized spacial score (nSPS) is 2.00. The van der Waals surface area contributed by atoms with Crippen LogP contribution in [-0.4, -0.2) is 111 Å². The van der Waals surface area contributed by atoms with E-state index in [1.807, 2.05) is 0 Å². The van der Waals surface area contributed by atoms with E-state index in [4.69, 9.17) is 15.9 Å². The minimum atomic E-state index is -1.50. The second-order valence-corrected chi connectivity index (χ2v) is 0.632. The molecule has 0 aromatic carbocycles. The van der Waals surface area contributed by atoms with Gasteiger partial charge in [-0.1, -0.05) is 0 Å². The summed E-state index contributed by atoms with van der Waals surface area (Å²) in [6.45, 7) is 0. The maximum absolute atomic E-state index is 8.57. The Labute approximate surface area is 122 Å². The molecule has 0 aliphatic carbocycles. The summed E-state index contributed by atoms with van der Waals surface area (Å²) in [4.78, 5) is 0. The van der Waals surface area contributed by atoms with Crippen LogP contribution in [0.3, 0.4) is 0 Å². The molecule has 0 saturated heterocycles. The summed E-state index contributed by atoms with van der Waals surface area (Å²) in [5.41, 5.74) is 0. The predicted molar refractivity (Wildman–Crippen MR) is 33.3 cm³/mol. The number of rotatable bonds is 0. The van der Waals surface area contributed by atoms with Gasteiger partial charge in [0.15, 0.2) is 0 Å². The van der Waals surface area contributed by atoms with Crippen molar-refractivity contribution in [3.63, 3.8) is 0 Å². The predicted octanol–water partition coefficient (Wildman–Crippen LogP) is -2.42. The number of hydrogen-bond acceptors (Lipinski definition) is 2. The maximum atomic E-state index is 8.57. The molecule has 8 heavy (non-hydrogen) atoms. The van der Waals surface area contributed by atoms with E-state index in [2.05, 4.69) is 0 Å². The molecule has 0 fully saturated rings. The second kappa shape index (κ2) is 33.5. The molecule has 0 saturated carbocycles. The van der Waals surface area contributed by atoms with Crippen LogP contribution in [0.25, 0.3) is 0 Å². The Bertz CT molecular complexity index is 46.0. The van der Waals surface area contributed by atoms with E-state index in [0.717, 1.165) is 0 Å². The third-order valence-corrected chi connectivity index (χ3v) is 0. The average molecular weight is 286 g/mol. The molecule has 0 aromatic heterocycles. The van der Waals surface area contributed by atoms with Gasteiger partial charge in [-0.15, -0.1) is 0 Å². The minimum absolute atomic E-state index is 0. The van der Waals surface area contributed by atoms with E-state index >= 15 is 0 Å². The number of hydrogen-bond donors (Lipinski definition) is 2. The molecule has 0 bridgehead atoms. The molecule has 0 spiro atoms. The second-order valence-electron chi connectivity index (χ2n) is 0.211. The summed E-state index contributed by atoms with van der Waals surface area (Å²) in [6, 6.07) is 0. The first kappa shape index (κ1) is 22.4. The van der Waals surface area contributed by atoms with Crippen molar-refractivity contribution in [2.24, 2.45) is 0 Å². The monoisotopic (exact) mass is 286 g/mol. The Hall–Kier alpha value is 2.60. The molecule has 0 atom stereocenters. The van der Waals surface area contributed by atoms with Crippen molar-refractivity contribution in [1.82, 2.24) is 0 Å². The Morgan fingerprint density at radius 1 is 1.12 bits per heavy atom. The molecule has 0 aromatic rings. The van der Waals surface area contributed by atoms with Crippen LogP contribution in [0.4, 0.5) is 0 Å². The summed E-state index contributed by atoms with van der Waals surface area (Å²) in [5, 5.41) is 0. The van der Waals surface area contributed by atoms with E-state index in [9.17, 15) is 0 Å². The van der Waals surface area contributed by atoms with Crippen LogP contribution in [0.2, 0.25) is 0 Å². The van der Waals surface area contributed by atoms with Gasteiger partial charge in [0.05, 0.1) is 0 Å². The first-order valence-electron chi connectivity index (χ1n) is 0.988. The van der Waals surface area contributed by atoms with Crippen molar-refractivity contribution >= 4 is 103 Å². The molecule has 0 aliphatic heterocycles. The molecule has 0 rings (SSSR count). The molecule has 8 heteroatoms. The van der Waals surface area contributed by atoms with E-state index in [-0.39, 0.29) is 77.6 Å². The van der Waals surface area contributed by atoms with Gasteiger partial charge in [0.2, 0.25) is 0 Å². The molecule has 2 N–H and O–H groups in total. The van der Waals surface area contributed by atoms with Gasteiger partial charge in [0.25, 0.3) is 0 Å². The summed E-state index contributed by atoms with van der Waals surface area (Å²) in [5.74, 6) is 0. The topological polar surface area (TPSA) is 74.6 Å². The Kier molecular flexibility index (Phi) is 94.0. The molecule has 40 valence electrons. The van der Waals surface area contributed by atoms with Crippen LogP contribution >= 0.6 is 0 Å². The van der Waals surface area contributed by atoms with Crippen molar-refractivity contribution in [1.29, 1.82) is 0 Å². The molecular weight excluding hydrogens is 280 g/mol. The van der Waals surface area contributed by atoms with Crippen molar-refractivity contribution < 1.29 is 21.6 Å². The van der Waals surface area contributed by atoms with Gasteiger partial charge in [-0.2, -0.15) is 0 Å². The zero-order chi connectivity index (χ0) is 5.41. The van der Waals surface area contributed by atoms with Gasteiger partial charge in [-0.25, -0.2) is 0 Å². The van der Waals surface area contributed by atoms with Crippen LogP contribution in [0, 0.1) is 0 Å². The zero-order valence-electron chi connectivity index (χ0n) is 8.28. The third kappa shape index (κ3) is 73.4. The van der Waals surface area contributed by atoms with Crippen molar-refractivity contribution in [2.45, 2.75) is 0 Å². The molecule has 0 amide bonds.